The van der Waals surface area contributed by atoms with Crippen LogP contribution in [0.25, 0.3) is 111 Å². The van der Waals surface area contributed by atoms with Crippen LogP contribution in [0.1, 0.15) is 0 Å². The summed E-state index contributed by atoms with van der Waals surface area (Å²) in [5.41, 5.74) is 9.75. The Morgan fingerprint density at radius 2 is 0.725 bits per heavy atom. The van der Waals surface area contributed by atoms with Crippen LogP contribution in [0, 0.1) is 0 Å². The maximum absolute atomic E-state index is 6.30. The Labute approximate surface area is 290 Å². The highest BCUT2D eigenvalue weighted by Crippen LogP contribution is 2.39. The van der Waals surface area contributed by atoms with Crippen molar-refractivity contribution in [2.45, 2.75) is 0 Å². The lowest BCUT2D eigenvalue weighted by molar-refractivity contribution is 0.656. The topological polar surface area (TPSA) is 78.1 Å². The quantitative estimate of drug-likeness (QED) is 0.188. The SMILES string of the molecule is c1ccc(-c2nc(-c3cccc(-c4ccc5oc6cc7oc8ccccc8c7cc6c5c4)c3)nc(-c3ccc4c(c3)oc3ccccc34)n2)cc1. The molecule has 0 fully saturated rings. The van der Waals surface area contributed by atoms with E-state index in [1.807, 2.05) is 91.0 Å². The van der Waals surface area contributed by atoms with Gasteiger partial charge in [0.2, 0.25) is 0 Å². The molecule has 11 aromatic rings. The lowest BCUT2D eigenvalue weighted by atomic mass is 10.00. The Bertz CT molecular complexity index is 3150. The molecule has 238 valence electrons. The minimum atomic E-state index is 0.580. The minimum absolute atomic E-state index is 0.580. The average Bonchev–Trinajstić information content (AvgIpc) is 3.87. The molecule has 0 atom stereocenters. The summed E-state index contributed by atoms with van der Waals surface area (Å²) in [5, 5.41) is 6.42. The Morgan fingerprint density at radius 3 is 1.47 bits per heavy atom. The summed E-state index contributed by atoms with van der Waals surface area (Å²) < 4.78 is 18.6. The average molecular weight is 656 g/mol. The van der Waals surface area contributed by atoms with Crippen LogP contribution in [0.3, 0.4) is 0 Å². The van der Waals surface area contributed by atoms with Gasteiger partial charge in [-0.1, -0.05) is 97.1 Å². The molecule has 4 heterocycles. The molecular weight excluding hydrogens is 631 g/mol. The fourth-order valence-corrected chi connectivity index (χ4v) is 7.23. The van der Waals surface area contributed by atoms with E-state index < -0.39 is 0 Å². The van der Waals surface area contributed by atoms with Gasteiger partial charge >= 0.3 is 0 Å². The number of aromatic nitrogens is 3. The summed E-state index contributed by atoms with van der Waals surface area (Å²) in [7, 11) is 0. The van der Waals surface area contributed by atoms with Crippen LogP contribution in [0.2, 0.25) is 0 Å². The molecule has 0 unspecified atom stereocenters. The van der Waals surface area contributed by atoms with Crippen molar-refractivity contribution in [2.75, 3.05) is 0 Å². The van der Waals surface area contributed by atoms with Crippen LogP contribution in [0.15, 0.2) is 165 Å². The zero-order chi connectivity index (χ0) is 33.5. The van der Waals surface area contributed by atoms with Crippen molar-refractivity contribution in [3.8, 4) is 45.3 Å². The van der Waals surface area contributed by atoms with Gasteiger partial charge in [0.1, 0.15) is 33.5 Å². The summed E-state index contributed by atoms with van der Waals surface area (Å²) in [6.07, 6.45) is 0. The maximum atomic E-state index is 6.30. The summed E-state index contributed by atoms with van der Waals surface area (Å²) in [6, 6.07) is 51.3. The van der Waals surface area contributed by atoms with Gasteiger partial charge in [0, 0.05) is 55.1 Å². The van der Waals surface area contributed by atoms with E-state index in [2.05, 4.69) is 60.7 Å². The molecule has 0 aliphatic heterocycles. The third-order valence-corrected chi connectivity index (χ3v) is 9.73. The van der Waals surface area contributed by atoms with E-state index in [0.717, 1.165) is 93.6 Å². The number of benzene rings is 7. The van der Waals surface area contributed by atoms with Gasteiger partial charge in [-0.05, 0) is 59.7 Å². The van der Waals surface area contributed by atoms with Crippen molar-refractivity contribution in [3.63, 3.8) is 0 Å². The van der Waals surface area contributed by atoms with Gasteiger partial charge < -0.3 is 13.3 Å². The second kappa shape index (κ2) is 10.7. The number of hydrogen-bond acceptors (Lipinski definition) is 6. The van der Waals surface area contributed by atoms with E-state index in [0.29, 0.717) is 17.5 Å². The molecule has 0 aliphatic carbocycles. The van der Waals surface area contributed by atoms with Gasteiger partial charge in [-0.3, -0.25) is 0 Å². The lowest BCUT2D eigenvalue weighted by Crippen LogP contribution is -2.00. The van der Waals surface area contributed by atoms with Crippen LogP contribution in [-0.4, -0.2) is 15.0 Å². The van der Waals surface area contributed by atoms with Crippen molar-refractivity contribution in [1.29, 1.82) is 0 Å². The molecule has 0 saturated carbocycles. The van der Waals surface area contributed by atoms with Gasteiger partial charge in [0.25, 0.3) is 0 Å². The summed E-state index contributed by atoms with van der Waals surface area (Å²) in [4.78, 5) is 15.0. The van der Waals surface area contributed by atoms with Crippen molar-refractivity contribution >= 4 is 65.8 Å². The molecule has 7 aromatic carbocycles. The second-order valence-corrected chi connectivity index (χ2v) is 12.8. The Hall–Kier alpha value is -7.05. The van der Waals surface area contributed by atoms with Gasteiger partial charge in [0.05, 0.1) is 0 Å². The van der Waals surface area contributed by atoms with Crippen molar-refractivity contribution < 1.29 is 13.3 Å². The minimum Gasteiger partial charge on any atom is -0.456 e. The molecule has 4 aromatic heterocycles. The van der Waals surface area contributed by atoms with Crippen molar-refractivity contribution in [2.24, 2.45) is 0 Å². The van der Waals surface area contributed by atoms with Gasteiger partial charge in [-0.15, -0.1) is 0 Å². The van der Waals surface area contributed by atoms with Gasteiger partial charge in [-0.25, -0.2) is 15.0 Å². The van der Waals surface area contributed by atoms with Crippen molar-refractivity contribution in [3.05, 3.63) is 152 Å². The van der Waals surface area contributed by atoms with Crippen LogP contribution in [0.4, 0.5) is 0 Å². The first kappa shape index (κ1) is 27.9. The molecule has 0 aliphatic rings. The number of rotatable bonds is 4. The standard InChI is InChI=1S/C45H25N3O3/c1-2-9-26(10-3-1)43-46-44(48-45(47-43)30-17-19-33-31-13-4-6-15-37(31)49-40(33)23-30)29-12-8-11-27(21-29)28-18-20-39-34(22-28)36-24-35-32-14-5-7-16-38(32)50-41(35)25-42(36)51-39/h1-25H. The molecule has 0 spiro atoms. The van der Waals surface area contributed by atoms with E-state index in [1.165, 1.54) is 0 Å². The zero-order valence-corrected chi connectivity index (χ0v) is 27.0. The smallest absolute Gasteiger partial charge is 0.164 e. The normalized spacial score (nSPS) is 11.9. The highest BCUT2D eigenvalue weighted by Gasteiger charge is 2.17. The molecule has 6 heteroatoms. The Balaban J connectivity index is 1.04. The van der Waals surface area contributed by atoms with Crippen LogP contribution in [-0.2, 0) is 0 Å². The highest BCUT2D eigenvalue weighted by atomic mass is 16.3. The number of fused-ring (bicyclic) bond motifs is 9. The van der Waals surface area contributed by atoms with E-state index in [4.69, 9.17) is 28.2 Å². The summed E-state index contributed by atoms with van der Waals surface area (Å²) >= 11 is 0. The Morgan fingerprint density at radius 1 is 0.255 bits per heavy atom. The van der Waals surface area contributed by atoms with Crippen molar-refractivity contribution in [1.82, 2.24) is 15.0 Å². The molecule has 0 N–H and O–H groups in total. The molecule has 0 bridgehead atoms. The zero-order valence-electron chi connectivity index (χ0n) is 27.0. The first-order valence-corrected chi connectivity index (χ1v) is 16.8. The fourth-order valence-electron chi connectivity index (χ4n) is 7.23. The summed E-state index contributed by atoms with van der Waals surface area (Å²) in [5.74, 6) is 1.78. The van der Waals surface area contributed by atoms with E-state index >= 15 is 0 Å². The third kappa shape index (κ3) is 4.47. The third-order valence-electron chi connectivity index (χ3n) is 9.73. The number of nitrogens with zero attached hydrogens (tertiary/aromatic N) is 3. The fraction of sp³-hybridized carbons (Fsp3) is 0. The van der Waals surface area contributed by atoms with Crippen LogP contribution >= 0.6 is 0 Å². The predicted octanol–water partition coefficient (Wildman–Crippen LogP) is 12.2. The number of para-hydroxylation sites is 2. The molecular formula is C45H25N3O3. The van der Waals surface area contributed by atoms with E-state index in [1.54, 1.807) is 0 Å². The highest BCUT2D eigenvalue weighted by molar-refractivity contribution is 6.15. The molecule has 11 rings (SSSR count). The van der Waals surface area contributed by atoms with E-state index in [9.17, 15) is 0 Å². The molecule has 6 nitrogen and oxygen atoms in total. The second-order valence-electron chi connectivity index (χ2n) is 12.8. The molecule has 0 amide bonds. The number of furan rings is 3. The summed E-state index contributed by atoms with van der Waals surface area (Å²) in [6.45, 7) is 0. The number of hydrogen-bond donors (Lipinski definition) is 0. The van der Waals surface area contributed by atoms with Crippen LogP contribution in [0.5, 0.6) is 0 Å². The Kier molecular flexibility index (Phi) is 5.86. The first-order chi connectivity index (χ1) is 25.2. The van der Waals surface area contributed by atoms with Gasteiger partial charge in [-0.2, -0.15) is 0 Å². The molecule has 0 radical (unpaired) electrons. The largest absolute Gasteiger partial charge is 0.456 e. The van der Waals surface area contributed by atoms with Crippen LogP contribution < -0.4 is 0 Å². The predicted molar refractivity (Wildman–Crippen MR) is 203 cm³/mol. The molecule has 0 saturated heterocycles. The monoisotopic (exact) mass is 655 g/mol. The lowest BCUT2D eigenvalue weighted by Gasteiger charge is -2.10. The maximum Gasteiger partial charge on any atom is 0.164 e. The van der Waals surface area contributed by atoms with Gasteiger partial charge in [0.15, 0.2) is 17.5 Å². The first-order valence-electron chi connectivity index (χ1n) is 16.8. The van der Waals surface area contributed by atoms with E-state index in [-0.39, 0.29) is 0 Å². The molecule has 51 heavy (non-hydrogen) atoms.